The van der Waals surface area contributed by atoms with Crippen molar-refractivity contribution in [2.75, 3.05) is 13.1 Å². The summed E-state index contributed by atoms with van der Waals surface area (Å²) in [6, 6.07) is 8.80. The Balaban J connectivity index is 1.96. The minimum atomic E-state index is 0.285. The van der Waals surface area contributed by atoms with Crippen LogP contribution in [-0.4, -0.2) is 34.9 Å². The average Bonchev–Trinajstić information content (AvgIpc) is 2.83. The van der Waals surface area contributed by atoms with Crippen LogP contribution in [0.2, 0.25) is 0 Å². The summed E-state index contributed by atoms with van der Waals surface area (Å²) < 4.78 is 1.96. The smallest absolute Gasteiger partial charge is 0.191 e. The van der Waals surface area contributed by atoms with Crippen molar-refractivity contribution in [2.24, 2.45) is 12.0 Å². The summed E-state index contributed by atoms with van der Waals surface area (Å²) in [6.07, 6.45) is 1.90. The largest absolute Gasteiger partial charge is 0.357 e. The molecule has 0 aliphatic rings. The van der Waals surface area contributed by atoms with Crippen LogP contribution in [-0.2, 0) is 19.9 Å². The maximum Gasteiger partial charge on any atom is 0.191 e. The zero-order valence-corrected chi connectivity index (χ0v) is 17.1. The fraction of sp³-hybridized carbons (Fsp3) is 0.524. The topological polar surface area (TPSA) is 54.2 Å². The molecule has 5 nitrogen and oxygen atoms in total. The van der Waals surface area contributed by atoms with E-state index < -0.39 is 0 Å². The van der Waals surface area contributed by atoms with Crippen LogP contribution >= 0.6 is 0 Å². The Hall–Kier alpha value is -2.30. The average molecular weight is 356 g/mol. The molecule has 1 unspecified atom stereocenters. The second-order valence-corrected chi connectivity index (χ2v) is 6.96. The summed E-state index contributed by atoms with van der Waals surface area (Å²) in [5.41, 5.74) is 6.36. The molecule has 26 heavy (non-hydrogen) atoms. The lowest BCUT2D eigenvalue weighted by molar-refractivity contribution is 0.635. The highest BCUT2D eigenvalue weighted by Crippen LogP contribution is 2.14. The fourth-order valence-electron chi connectivity index (χ4n) is 3.20. The van der Waals surface area contributed by atoms with E-state index in [9.17, 15) is 0 Å². The lowest BCUT2D eigenvalue weighted by Gasteiger charge is -2.18. The number of guanidine groups is 1. The second-order valence-electron chi connectivity index (χ2n) is 6.96. The van der Waals surface area contributed by atoms with Gasteiger partial charge in [0.25, 0.3) is 0 Å². The van der Waals surface area contributed by atoms with Gasteiger partial charge in [-0.2, -0.15) is 5.10 Å². The van der Waals surface area contributed by atoms with Gasteiger partial charge in [-0.3, -0.25) is 9.67 Å². The highest BCUT2D eigenvalue weighted by Gasteiger charge is 2.14. The first-order chi connectivity index (χ1) is 12.4. The molecule has 0 spiro atoms. The molecule has 2 rings (SSSR count). The molecule has 1 aromatic carbocycles. The van der Waals surface area contributed by atoms with E-state index >= 15 is 0 Å². The molecular formula is C21H33N5. The van der Waals surface area contributed by atoms with Crippen molar-refractivity contribution >= 4 is 5.96 Å². The predicted octanol–water partition coefficient (Wildman–Crippen LogP) is 3.07. The summed E-state index contributed by atoms with van der Waals surface area (Å²) >= 11 is 0. The molecule has 0 saturated heterocycles. The Morgan fingerprint density at radius 2 is 1.96 bits per heavy atom. The molecule has 5 heteroatoms. The van der Waals surface area contributed by atoms with E-state index in [2.05, 4.69) is 74.6 Å². The van der Waals surface area contributed by atoms with Crippen molar-refractivity contribution in [2.45, 2.75) is 53.5 Å². The quantitative estimate of drug-likeness (QED) is 0.593. The van der Waals surface area contributed by atoms with E-state index in [0.717, 1.165) is 37.6 Å². The van der Waals surface area contributed by atoms with Crippen LogP contribution in [0.5, 0.6) is 0 Å². The van der Waals surface area contributed by atoms with Gasteiger partial charge in [0.15, 0.2) is 5.96 Å². The van der Waals surface area contributed by atoms with Crippen LogP contribution in [0, 0.1) is 20.8 Å². The third kappa shape index (κ3) is 5.35. The fourth-order valence-corrected chi connectivity index (χ4v) is 3.20. The van der Waals surface area contributed by atoms with Gasteiger partial charge in [-0.15, -0.1) is 0 Å². The molecule has 0 amide bonds. The molecule has 2 N–H and O–H groups in total. The van der Waals surface area contributed by atoms with Gasteiger partial charge in [0, 0.05) is 31.9 Å². The zero-order valence-electron chi connectivity index (χ0n) is 17.1. The van der Waals surface area contributed by atoms with E-state index in [1.807, 2.05) is 11.7 Å². The molecule has 1 atom stereocenters. The molecule has 0 saturated carbocycles. The first-order valence-corrected chi connectivity index (χ1v) is 9.50. The number of nitrogens with zero attached hydrogens (tertiary/aromatic N) is 3. The molecule has 0 aliphatic carbocycles. The first-order valence-electron chi connectivity index (χ1n) is 9.50. The first kappa shape index (κ1) is 20.0. The van der Waals surface area contributed by atoms with E-state index in [4.69, 9.17) is 4.99 Å². The Morgan fingerprint density at radius 3 is 2.58 bits per heavy atom. The SMILES string of the molecule is CCNC(=NCCc1ccccc1C)NC(C)Cc1c(C)nn(C)c1C. The van der Waals surface area contributed by atoms with Crippen molar-refractivity contribution in [3.63, 3.8) is 0 Å². The Bertz CT molecular complexity index is 745. The van der Waals surface area contributed by atoms with Crippen LogP contribution in [0.1, 0.15) is 41.9 Å². The van der Waals surface area contributed by atoms with Gasteiger partial charge in [-0.05, 0) is 64.2 Å². The highest BCUT2D eigenvalue weighted by molar-refractivity contribution is 5.80. The van der Waals surface area contributed by atoms with Gasteiger partial charge >= 0.3 is 0 Å². The molecule has 0 bridgehead atoms. The van der Waals surface area contributed by atoms with Crippen molar-refractivity contribution in [3.8, 4) is 0 Å². The Morgan fingerprint density at radius 1 is 1.23 bits per heavy atom. The summed E-state index contributed by atoms with van der Waals surface area (Å²) in [5.74, 6) is 0.882. The number of benzene rings is 1. The second kappa shape index (κ2) is 9.41. The molecule has 0 fully saturated rings. The van der Waals surface area contributed by atoms with Gasteiger partial charge in [-0.1, -0.05) is 24.3 Å². The summed E-state index contributed by atoms with van der Waals surface area (Å²) in [6.45, 7) is 12.3. The van der Waals surface area contributed by atoms with Crippen LogP contribution in [0.15, 0.2) is 29.3 Å². The molecule has 1 aromatic heterocycles. The number of aliphatic imine (C=N–C) groups is 1. The summed E-state index contributed by atoms with van der Waals surface area (Å²) in [4.78, 5) is 4.76. The molecule has 2 aromatic rings. The van der Waals surface area contributed by atoms with Gasteiger partial charge in [0.2, 0.25) is 0 Å². The number of hydrogen-bond acceptors (Lipinski definition) is 2. The highest BCUT2D eigenvalue weighted by atomic mass is 15.3. The monoisotopic (exact) mass is 355 g/mol. The van der Waals surface area contributed by atoms with Crippen LogP contribution in [0.3, 0.4) is 0 Å². The van der Waals surface area contributed by atoms with E-state index in [1.54, 1.807) is 0 Å². The van der Waals surface area contributed by atoms with Gasteiger partial charge in [0.05, 0.1) is 5.69 Å². The lowest BCUT2D eigenvalue weighted by atomic mass is 10.1. The van der Waals surface area contributed by atoms with Gasteiger partial charge in [-0.25, -0.2) is 0 Å². The molecular weight excluding hydrogens is 322 g/mol. The van der Waals surface area contributed by atoms with E-state index in [1.165, 1.54) is 22.4 Å². The normalized spacial score (nSPS) is 12.9. The van der Waals surface area contributed by atoms with Crippen LogP contribution < -0.4 is 10.6 Å². The molecule has 0 aliphatic heterocycles. The van der Waals surface area contributed by atoms with E-state index in [0.29, 0.717) is 0 Å². The van der Waals surface area contributed by atoms with Crippen molar-refractivity contribution < 1.29 is 0 Å². The maximum atomic E-state index is 4.76. The number of rotatable bonds is 7. The third-order valence-electron chi connectivity index (χ3n) is 4.81. The number of nitrogens with one attached hydrogen (secondary N) is 2. The summed E-state index contributed by atoms with van der Waals surface area (Å²) in [5, 5.41) is 11.4. The van der Waals surface area contributed by atoms with Crippen molar-refractivity contribution in [1.82, 2.24) is 20.4 Å². The molecule has 142 valence electrons. The van der Waals surface area contributed by atoms with Gasteiger partial charge < -0.3 is 10.6 Å². The minimum absolute atomic E-state index is 0.285. The zero-order chi connectivity index (χ0) is 19.1. The summed E-state index contributed by atoms with van der Waals surface area (Å²) in [7, 11) is 2.00. The third-order valence-corrected chi connectivity index (χ3v) is 4.81. The van der Waals surface area contributed by atoms with Crippen molar-refractivity contribution in [3.05, 3.63) is 52.3 Å². The van der Waals surface area contributed by atoms with E-state index in [-0.39, 0.29) is 6.04 Å². The van der Waals surface area contributed by atoms with Crippen LogP contribution in [0.4, 0.5) is 0 Å². The number of aryl methyl sites for hydroxylation is 3. The van der Waals surface area contributed by atoms with Crippen molar-refractivity contribution in [1.29, 1.82) is 0 Å². The standard InChI is InChI=1S/C21H33N5/c1-7-22-21(23-13-12-19-11-9-8-10-15(19)2)24-16(3)14-20-17(4)25-26(6)18(20)5/h8-11,16H,7,12-14H2,1-6H3,(H2,22,23,24). The Labute approximate surface area is 157 Å². The lowest BCUT2D eigenvalue weighted by Crippen LogP contribution is -2.43. The minimum Gasteiger partial charge on any atom is -0.357 e. The number of hydrogen-bond donors (Lipinski definition) is 2. The molecule has 1 heterocycles. The maximum absolute atomic E-state index is 4.76. The molecule has 0 radical (unpaired) electrons. The number of aromatic nitrogens is 2. The predicted molar refractivity (Wildman–Crippen MR) is 110 cm³/mol. The van der Waals surface area contributed by atoms with Crippen LogP contribution in [0.25, 0.3) is 0 Å². The van der Waals surface area contributed by atoms with Gasteiger partial charge in [0.1, 0.15) is 0 Å². The Kier molecular flexibility index (Phi) is 7.25.